The topological polar surface area (TPSA) is 32.3 Å². The lowest BCUT2D eigenvalue weighted by atomic mass is 9.95. The minimum atomic E-state index is -1.18. The molecular formula is C12H17ClFNO. The Labute approximate surface area is 100 Å². The molecule has 16 heavy (non-hydrogen) atoms. The summed E-state index contributed by atoms with van der Waals surface area (Å²) in [4.78, 5) is 0. The molecule has 0 aliphatic rings. The zero-order valence-electron chi connectivity index (χ0n) is 9.72. The molecule has 90 valence electrons. The van der Waals surface area contributed by atoms with Gasteiger partial charge in [0, 0.05) is 23.2 Å². The van der Waals surface area contributed by atoms with Gasteiger partial charge in [-0.05, 0) is 25.1 Å². The van der Waals surface area contributed by atoms with Gasteiger partial charge in [0.25, 0.3) is 0 Å². The molecule has 0 radical (unpaired) electrons. The van der Waals surface area contributed by atoms with Crippen LogP contribution in [0.1, 0.15) is 26.3 Å². The minimum Gasteiger partial charge on any atom is -0.384 e. The normalized spacial score (nSPS) is 15.2. The van der Waals surface area contributed by atoms with E-state index in [1.54, 1.807) is 6.92 Å². The Morgan fingerprint density at radius 3 is 2.69 bits per heavy atom. The predicted octanol–water partition coefficient (Wildman–Crippen LogP) is 2.68. The van der Waals surface area contributed by atoms with Gasteiger partial charge >= 0.3 is 0 Å². The van der Waals surface area contributed by atoms with Crippen molar-refractivity contribution < 1.29 is 9.50 Å². The van der Waals surface area contributed by atoms with Crippen LogP contribution in [0.4, 0.5) is 4.39 Å². The Balaban J connectivity index is 2.92. The first-order valence-corrected chi connectivity index (χ1v) is 5.62. The predicted molar refractivity (Wildman–Crippen MR) is 64.1 cm³/mol. The second kappa shape index (κ2) is 5.13. The highest BCUT2D eigenvalue weighted by Gasteiger charge is 2.26. The highest BCUT2D eigenvalue weighted by atomic mass is 35.5. The molecule has 0 fully saturated rings. The summed E-state index contributed by atoms with van der Waals surface area (Å²) in [5.41, 5.74) is -0.772. The molecule has 0 saturated heterocycles. The molecule has 1 unspecified atom stereocenters. The molecule has 4 heteroatoms. The summed E-state index contributed by atoms with van der Waals surface area (Å²) in [5, 5.41) is 13.7. The van der Waals surface area contributed by atoms with E-state index < -0.39 is 11.4 Å². The van der Waals surface area contributed by atoms with Crippen molar-refractivity contribution in [2.75, 3.05) is 6.54 Å². The van der Waals surface area contributed by atoms with Crippen molar-refractivity contribution in [3.63, 3.8) is 0 Å². The molecular weight excluding hydrogens is 229 g/mol. The fourth-order valence-corrected chi connectivity index (χ4v) is 1.73. The molecule has 0 spiro atoms. The van der Waals surface area contributed by atoms with Gasteiger partial charge in [0.05, 0.1) is 0 Å². The van der Waals surface area contributed by atoms with E-state index in [-0.39, 0.29) is 6.04 Å². The Kier molecular flexibility index (Phi) is 4.30. The third kappa shape index (κ3) is 3.44. The van der Waals surface area contributed by atoms with Gasteiger partial charge in [-0.3, -0.25) is 0 Å². The number of rotatable bonds is 4. The average molecular weight is 246 g/mol. The summed E-state index contributed by atoms with van der Waals surface area (Å²) in [6.45, 7) is 5.89. The lowest BCUT2D eigenvalue weighted by Gasteiger charge is -2.26. The number of hydrogen-bond donors (Lipinski definition) is 2. The van der Waals surface area contributed by atoms with Crippen molar-refractivity contribution in [1.82, 2.24) is 5.32 Å². The molecule has 1 aromatic carbocycles. The van der Waals surface area contributed by atoms with E-state index in [0.717, 1.165) is 0 Å². The van der Waals surface area contributed by atoms with E-state index in [9.17, 15) is 9.50 Å². The second-order valence-corrected chi connectivity index (χ2v) is 4.84. The molecule has 1 aromatic rings. The highest BCUT2D eigenvalue weighted by Crippen LogP contribution is 2.28. The van der Waals surface area contributed by atoms with Crippen molar-refractivity contribution in [2.45, 2.75) is 32.4 Å². The van der Waals surface area contributed by atoms with Crippen molar-refractivity contribution in [1.29, 1.82) is 0 Å². The fraction of sp³-hybridized carbons (Fsp3) is 0.500. The molecule has 0 aromatic heterocycles. The number of aliphatic hydroxyl groups is 1. The van der Waals surface area contributed by atoms with Gasteiger partial charge in [0.1, 0.15) is 11.4 Å². The van der Waals surface area contributed by atoms with Crippen LogP contribution in [0.15, 0.2) is 18.2 Å². The monoisotopic (exact) mass is 245 g/mol. The van der Waals surface area contributed by atoms with Crippen LogP contribution >= 0.6 is 11.6 Å². The number of hydrogen-bond acceptors (Lipinski definition) is 2. The second-order valence-electron chi connectivity index (χ2n) is 4.43. The molecule has 0 amide bonds. The molecule has 0 aliphatic heterocycles. The van der Waals surface area contributed by atoms with Crippen molar-refractivity contribution in [3.8, 4) is 0 Å². The van der Waals surface area contributed by atoms with Gasteiger partial charge in [-0.2, -0.15) is 0 Å². The summed E-state index contributed by atoms with van der Waals surface area (Å²) in [7, 11) is 0. The molecule has 0 aliphatic carbocycles. The Morgan fingerprint density at radius 1 is 1.50 bits per heavy atom. The van der Waals surface area contributed by atoms with E-state index in [4.69, 9.17) is 11.6 Å². The van der Waals surface area contributed by atoms with Crippen LogP contribution in [-0.2, 0) is 5.60 Å². The maximum absolute atomic E-state index is 13.1. The van der Waals surface area contributed by atoms with Crippen LogP contribution in [0.5, 0.6) is 0 Å². The summed E-state index contributed by atoms with van der Waals surface area (Å²) >= 11 is 5.94. The number of halogens is 2. The quantitative estimate of drug-likeness (QED) is 0.855. The summed E-state index contributed by atoms with van der Waals surface area (Å²) in [5.74, 6) is -0.399. The maximum atomic E-state index is 13.1. The van der Waals surface area contributed by atoms with E-state index in [1.807, 2.05) is 13.8 Å². The van der Waals surface area contributed by atoms with E-state index in [1.165, 1.54) is 18.2 Å². The van der Waals surface area contributed by atoms with Crippen molar-refractivity contribution in [2.24, 2.45) is 0 Å². The van der Waals surface area contributed by atoms with Crippen LogP contribution in [0.25, 0.3) is 0 Å². The van der Waals surface area contributed by atoms with E-state index >= 15 is 0 Å². The number of nitrogens with one attached hydrogen (secondary N) is 1. The largest absolute Gasteiger partial charge is 0.384 e. The molecule has 2 N–H and O–H groups in total. The molecule has 1 rings (SSSR count). The van der Waals surface area contributed by atoms with Gasteiger partial charge in [-0.15, -0.1) is 0 Å². The lowest BCUT2D eigenvalue weighted by Crippen LogP contribution is -2.38. The molecule has 2 nitrogen and oxygen atoms in total. The SMILES string of the molecule is CC(C)NCC(C)(O)c1cc(F)ccc1Cl. The van der Waals surface area contributed by atoms with Crippen molar-refractivity contribution >= 4 is 11.6 Å². The first kappa shape index (κ1) is 13.4. The van der Waals surface area contributed by atoms with E-state index in [2.05, 4.69) is 5.32 Å². The van der Waals surface area contributed by atoms with Crippen LogP contribution in [0.2, 0.25) is 5.02 Å². The van der Waals surface area contributed by atoms with Gasteiger partial charge in [0.15, 0.2) is 0 Å². The first-order valence-electron chi connectivity index (χ1n) is 5.24. The van der Waals surface area contributed by atoms with Gasteiger partial charge in [-0.1, -0.05) is 25.4 Å². The molecule has 1 atom stereocenters. The van der Waals surface area contributed by atoms with Crippen LogP contribution in [0, 0.1) is 5.82 Å². The standard InChI is InChI=1S/C12H17ClFNO/c1-8(2)15-7-12(3,16)10-6-9(14)4-5-11(10)13/h4-6,8,15-16H,7H2,1-3H3. The van der Waals surface area contributed by atoms with Crippen molar-refractivity contribution in [3.05, 3.63) is 34.6 Å². The maximum Gasteiger partial charge on any atom is 0.123 e. The van der Waals surface area contributed by atoms with Crippen LogP contribution < -0.4 is 5.32 Å². The average Bonchev–Trinajstić information content (AvgIpc) is 2.19. The smallest absolute Gasteiger partial charge is 0.123 e. The zero-order chi connectivity index (χ0) is 12.3. The van der Waals surface area contributed by atoms with Crippen LogP contribution in [0.3, 0.4) is 0 Å². The van der Waals surface area contributed by atoms with Gasteiger partial charge in [0.2, 0.25) is 0 Å². The van der Waals surface area contributed by atoms with Crippen LogP contribution in [-0.4, -0.2) is 17.7 Å². The highest BCUT2D eigenvalue weighted by molar-refractivity contribution is 6.31. The summed E-state index contributed by atoms with van der Waals surface area (Å²) in [6.07, 6.45) is 0. The summed E-state index contributed by atoms with van der Waals surface area (Å²) < 4.78 is 13.1. The third-order valence-electron chi connectivity index (χ3n) is 2.36. The molecule has 0 saturated carbocycles. The van der Waals surface area contributed by atoms with Gasteiger partial charge < -0.3 is 10.4 Å². The Bertz CT molecular complexity index is 366. The lowest BCUT2D eigenvalue weighted by molar-refractivity contribution is 0.0547. The Hall–Kier alpha value is -0.640. The number of benzene rings is 1. The first-order chi connectivity index (χ1) is 7.33. The summed E-state index contributed by atoms with van der Waals surface area (Å²) in [6, 6.07) is 4.25. The molecule has 0 bridgehead atoms. The van der Waals surface area contributed by atoms with Gasteiger partial charge in [-0.25, -0.2) is 4.39 Å². The third-order valence-corrected chi connectivity index (χ3v) is 2.69. The Morgan fingerprint density at radius 2 is 2.12 bits per heavy atom. The molecule has 0 heterocycles. The zero-order valence-corrected chi connectivity index (χ0v) is 10.5. The minimum absolute atomic E-state index is 0.249. The van der Waals surface area contributed by atoms with E-state index in [0.29, 0.717) is 17.1 Å². The fourth-order valence-electron chi connectivity index (χ4n) is 1.41.